The van der Waals surface area contributed by atoms with Crippen LogP contribution in [-0.2, 0) is 13.0 Å². The summed E-state index contributed by atoms with van der Waals surface area (Å²) in [6.07, 6.45) is 0.899. The standard InChI is InChI=1S/C25H35N3O4/c1-25(2,3)27-24(29)26-15-21-20-14-23(32-6)22(31-5)13-18(20)11-12-28(21)16-17-7-9-19(30-4)10-8-17/h7-10,13-14,21H,11-12,15-16H2,1-6H3,(H2,26,27,29)/t21-/m1/s1. The van der Waals surface area contributed by atoms with Gasteiger partial charge in [0.1, 0.15) is 5.75 Å². The number of urea groups is 1. The minimum absolute atomic E-state index is 0.00590. The van der Waals surface area contributed by atoms with Gasteiger partial charge in [0.05, 0.1) is 27.4 Å². The fraction of sp³-hybridized carbons (Fsp3) is 0.480. The minimum Gasteiger partial charge on any atom is -0.497 e. The molecule has 1 aliphatic rings. The molecule has 7 nitrogen and oxygen atoms in total. The lowest BCUT2D eigenvalue weighted by Crippen LogP contribution is -2.49. The third kappa shape index (κ3) is 5.85. The summed E-state index contributed by atoms with van der Waals surface area (Å²) in [5.41, 5.74) is 3.27. The first-order valence-electron chi connectivity index (χ1n) is 10.9. The maximum atomic E-state index is 12.5. The number of methoxy groups -OCH3 is 3. The molecule has 0 fully saturated rings. The highest BCUT2D eigenvalue weighted by atomic mass is 16.5. The van der Waals surface area contributed by atoms with Gasteiger partial charge in [0.15, 0.2) is 11.5 Å². The molecule has 3 rings (SSSR count). The van der Waals surface area contributed by atoms with Crippen LogP contribution >= 0.6 is 0 Å². The first kappa shape index (κ1) is 23.7. The molecule has 0 saturated carbocycles. The number of hydrogen-bond donors (Lipinski definition) is 2. The summed E-state index contributed by atoms with van der Waals surface area (Å²) in [6, 6.07) is 12.1. The molecule has 0 radical (unpaired) electrons. The molecule has 0 bridgehead atoms. The Morgan fingerprint density at radius 1 is 1.03 bits per heavy atom. The van der Waals surface area contributed by atoms with Gasteiger partial charge in [-0.2, -0.15) is 0 Å². The van der Waals surface area contributed by atoms with Crippen molar-refractivity contribution in [2.45, 2.75) is 45.3 Å². The third-order valence-electron chi connectivity index (χ3n) is 5.60. The van der Waals surface area contributed by atoms with Gasteiger partial charge in [0, 0.05) is 25.2 Å². The summed E-state index contributed by atoms with van der Waals surface area (Å²) in [4.78, 5) is 14.9. The highest BCUT2D eigenvalue weighted by Gasteiger charge is 2.30. The molecule has 1 atom stereocenters. The molecule has 2 aromatic carbocycles. The molecule has 1 aliphatic heterocycles. The number of fused-ring (bicyclic) bond motifs is 1. The Kier molecular flexibility index (Phi) is 7.51. The monoisotopic (exact) mass is 441 g/mol. The van der Waals surface area contributed by atoms with Crippen LogP contribution in [0, 0.1) is 0 Å². The van der Waals surface area contributed by atoms with Crippen LogP contribution < -0.4 is 24.8 Å². The van der Waals surface area contributed by atoms with E-state index in [1.807, 2.05) is 39.0 Å². The maximum absolute atomic E-state index is 12.5. The van der Waals surface area contributed by atoms with E-state index in [4.69, 9.17) is 14.2 Å². The molecular formula is C25H35N3O4. The number of ether oxygens (including phenoxy) is 3. The molecule has 32 heavy (non-hydrogen) atoms. The lowest BCUT2D eigenvalue weighted by atomic mass is 9.91. The van der Waals surface area contributed by atoms with E-state index in [9.17, 15) is 4.79 Å². The van der Waals surface area contributed by atoms with Crippen LogP contribution in [0.3, 0.4) is 0 Å². The zero-order valence-corrected chi connectivity index (χ0v) is 20.0. The van der Waals surface area contributed by atoms with Gasteiger partial charge in [-0.1, -0.05) is 12.1 Å². The van der Waals surface area contributed by atoms with Crippen LogP contribution in [0.2, 0.25) is 0 Å². The van der Waals surface area contributed by atoms with E-state index >= 15 is 0 Å². The van der Waals surface area contributed by atoms with Gasteiger partial charge in [-0.15, -0.1) is 0 Å². The molecule has 2 aromatic rings. The van der Waals surface area contributed by atoms with Crippen molar-refractivity contribution in [2.75, 3.05) is 34.4 Å². The first-order valence-corrected chi connectivity index (χ1v) is 10.9. The number of rotatable bonds is 7. The SMILES string of the molecule is COc1ccc(CN2CCc3cc(OC)c(OC)cc3[C@H]2CNC(=O)NC(C)(C)C)cc1. The predicted molar refractivity (Wildman–Crippen MR) is 126 cm³/mol. The number of carbonyl (C=O) groups excluding carboxylic acids is 1. The third-order valence-corrected chi connectivity index (χ3v) is 5.60. The molecule has 0 saturated heterocycles. The number of carbonyl (C=O) groups is 1. The van der Waals surface area contributed by atoms with E-state index in [2.05, 4.69) is 33.7 Å². The van der Waals surface area contributed by atoms with Crippen LogP contribution in [0.25, 0.3) is 0 Å². The largest absolute Gasteiger partial charge is 0.497 e. The molecule has 2 amide bonds. The Labute approximate surface area is 191 Å². The molecule has 174 valence electrons. The van der Waals surface area contributed by atoms with Crippen LogP contribution in [0.4, 0.5) is 4.79 Å². The van der Waals surface area contributed by atoms with E-state index in [1.165, 1.54) is 11.1 Å². The van der Waals surface area contributed by atoms with Gasteiger partial charge in [-0.05, 0) is 68.1 Å². The van der Waals surface area contributed by atoms with E-state index in [1.54, 1.807) is 21.3 Å². The van der Waals surface area contributed by atoms with Crippen molar-refractivity contribution >= 4 is 6.03 Å². The number of benzene rings is 2. The first-order chi connectivity index (χ1) is 15.2. The van der Waals surface area contributed by atoms with Gasteiger partial charge >= 0.3 is 6.03 Å². The Morgan fingerprint density at radius 3 is 2.28 bits per heavy atom. The average molecular weight is 442 g/mol. The van der Waals surface area contributed by atoms with Gasteiger partial charge in [0.2, 0.25) is 0 Å². The molecule has 0 aromatic heterocycles. The summed E-state index contributed by atoms with van der Waals surface area (Å²) in [5.74, 6) is 2.26. The van der Waals surface area contributed by atoms with E-state index < -0.39 is 0 Å². The van der Waals surface area contributed by atoms with E-state index in [0.717, 1.165) is 36.6 Å². The lowest BCUT2D eigenvalue weighted by molar-refractivity contribution is 0.169. The average Bonchev–Trinajstić information content (AvgIpc) is 2.76. The molecule has 0 unspecified atom stereocenters. The number of amides is 2. The van der Waals surface area contributed by atoms with Crippen molar-refractivity contribution in [2.24, 2.45) is 0 Å². The second-order valence-corrected chi connectivity index (χ2v) is 9.08. The number of hydrogen-bond acceptors (Lipinski definition) is 5. The predicted octanol–water partition coefficient (Wildman–Crippen LogP) is 3.91. The van der Waals surface area contributed by atoms with Crippen LogP contribution in [-0.4, -0.2) is 50.9 Å². The zero-order valence-electron chi connectivity index (χ0n) is 20.0. The highest BCUT2D eigenvalue weighted by molar-refractivity contribution is 5.74. The summed E-state index contributed by atoms with van der Waals surface area (Å²) in [5, 5.41) is 6.04. The van der Waals surface area contributed by atoms with Gasteiger partial charge in [-0.3, -0.25) is 4.90 Å². The Bertz CT molecular complexity index is 922. The second kappa shape index (κ2) is 10.1. The topological polar surface area (TPSA) is 72.1 Å². The van der Waals surface area contributed by atoms with Crippen molar-refractivity contribution in [3.8, 4) is 17.2 Å². The highest BCUT2D eigenvalue weighted by Crippen LogP contribution is 2.38. The normalized spacial score (nSPS) is 16.1. The van der Waals surface area contributed by atoms with E-state index in [0.29, 0.717) is 12.3 Å². The summed E-state index contributed by atoms with van der Waals surface area (Å²) < 4.78 is 16.4. The molecule has 2 N–H and O–H groups in total. The quantitative estimate of drug-likeness (QED) is 0.682. The molecule has 7 heteroatoms. The van der Waals surface area contributed by atoms with Gasteiger partial charge in [0.25, 0.3) is 0 Å². The molecule has 1 heterocycles. The smallest absolute Gasteiger partial charge is 0.315 e. The van der Waals surface area contributed by atoms with Crippen LogP contribution in [0.1, 0.15) is 43.5 Å². The van der Waals surface area contributed by atoms with Crippen molar-refractivity contribution in [1.82, 2.24) is 15.5 Å². The second-order valence-electron chi connectivity index (χ2n) is 9.08. The summed E-state index contributed by atoms with van der Waals surface area (Å²) >= 11 is 0. The van der Waals surface area contributed by atoms with Crippen molar-refractivity contribution in [3.63, 3.8) is 0 Å². The Hall–Kier alpha value is -2.93. The van der Waals surface area contributed by atoms with Crippen molar-refractivity contribution < 1.29 is 19.0 Å². The molecule has 0 spiro atoms. The summed E-state index contributed by atoms with van der Waals surface area (Å²) in [6.45, 7) is 8.04. The fourth-order valence-corrected chi connectivity index (χ4v) is 4.05. The number of nitrogens with one attached hydrogen (secondary N) is 2. The van der Waals surface area contributed by atoms with Crippen molar-refractivity contribution in [1.29, 1.82) is 0 Å². The minimum atomic E-state index is -0.298. The Morgan fingerprint density at radius 2 is 1.69 bits per heavy atom. The van der Waals surface area contributed by atoms with Gasteiger partial charge < -0.3 is 24.8 Å². The maximum Gasteiger partial charge on any atom is 0.315 e. The lowest BCUT2D eigenvalue weighted by Gasteiger charge is -2.38. The fourth-order valence-electron chi connectivity index (χ4n) is 4.05. The van der Waals surface area contributed by atoms with Crippen LogP contribution in [0.5, 0.6) is 17.2 Å². The van der Waals surface area contributed by atoms with Gasteiger partial charge in [-0.25, -0.2) is 4.79 Å². The summed E-state index contributed by atoms with van der Waals surface area (Å²) in [7, 11) is 4.97. The molecule has 0 aliphatic carbocycles. The van der Waals surface area contributed by atoms with Crippen LogP contribution in [0.15, 0.2) is 36.4 Å². The zero-order chi connectivity index (χ0) is 23.3. The molecular weight excluding hydrogens is 406 g/mol. The Balaban J connectivity index is 1.87. The number of nitrogens with zero attached hydrogens (tertiary/aromatic N) is 1. The van der Waals surface area contributed by atoms with Crippen molar-refractivity contribution in [3.05, 3.63) is 53.1 Å². The van der Waals surface area contributed by atoms with E-state index in [-0.39, 0.29) is 17.6 Å².